The van der Waals surface area contributed by atoms with Gasteiger partial charge in [-0.15, -0.1) is 0 Å². The van der Waals surface area contributed by atoms with Gasteiger partial charge in [0.1, 0.15) is 104 Å². The Balaban J connectivity index is 0.000000127. The fourth-order valence-electron chi connectivity index (χ4n) is 11.7. The van der Waals surface area contributed by atoms with Crippen molar-refractivity contribution >= 4 is 125 Å². The number of fused-ring (bicyclic) bond motifs is 11. The van der Waals surface area contributed by atoms with Crippen molar-refractivity contribution < 1.29 is 136 Å². The van der Waals surface area contributed by atoms with E-state index in [1.165, 1.54) is 67.0 Å². The molecule has 5 aliphatic rings. The molecule has 0 atom stereocenters. The van der Waals surface area contributed by atoms with Crippen molar-refractivity contribution in [2.24, 2.45) is 0 Å². The molecule has 0 fully saturated rings. The van der Waals surface area contributed by atoms with Crippen LogP contribution in [0.3, 0.4) is 0 Å². The number of aromatic amines is 1. The lowest BCUT2D eigenvalue weighted by molar-refractivity contribution is -1.07. The largest absolute Gasteiger partial charge is 0.507 e. The number of ketones is 2. The number of hydrogen-bond acceptors (Lipinski definition) is 22. The van der Waals surface area contributed by atoms with Gasteiger partial charge in [-0.2, -0.15) is 9.29 Å². The monoisotopic (exact) mass is 1410 g/mol. The number of benzene rings is 8. The normalized spacial score (nSPS) is 13.9. The lowest BCUT2D eigenvalue weighted by Crippen LogP contribution is -2.40. The SMILES string of the molecule is C[N+](C)(O)CCNc1c2c(c(NCC[N+](C)(C)O)c3ccccc13)C(=O)c1c(O)ccc(O)c1C2=O.O=C1OC(=O)c2c1c(F)c1cc[nH]c1c2F.O=C1OC(=O)c2c1c(F)c1ccccc1c2F.O=C1OC(=O)c2c1c(F)c1ccncc1c2F.O=C1OC(=O)c2c1c(F)c1ccoc1c2F. The molecule has 0 unspecified atom stereocenters. The number of esters is 8. The summed E-state index contributed by atoms with van der Waals surface area (Å²) in [5, 5.41) is 48.4. The van der Waals surface area contributed by atoms with Gasteiger partial charge < -0.3 is 49.2 Å². The number of phenolic OH excluding ortho intramolecular Hbond substituents is 2. The van der Waals surface area contributed by atoms with Gasteiger partial charge >= 0.3 is 47.8 Å². The predicted molar refractivity (Wildman–Crippen MR) is 334 cm³/mol. The Bertz CT molecular complexity index is 5080. The fourth-order valence-corrected chi connectivity index (χ4v) is 11.7. The zero-order chi connectivity index (χ0) is 73.6. The molecule has 0 saturated heterocycles. The van der Waals surface area contributed by atoms with Crippen LogP contribution in [0.2, 0.25) is 0 Å². The first-order valence-electron chi connectivity index (χ1n) is 29.6. The van der Waals surface area contributed by atoms with Crippen LogP contribution in [0.25, 0.3) is 54.2 Å². The fraction of sp³-hybridized carbons (Fsp3) is 0.116. The predicted octanol–water partition coefficient (Wildman–Crippen LogP) is 10.8. The van der Waals surface area contributed by atoms with Crippen molar-refractivity contribution in [3.8, 4) is 11.5 Å². The van der Waals surface area contributed by atoms with E-state index < -0.39 is 167 Å². The van der Waals surface area contributed by atoms with Gasteiger partial charge in [0.2, 0.25) is 11.6 Å². The summed E-state index contributed by atoms with van der Waals surface area (Å²) in [7, 11) is 6.48. The van der Waals surface area contributed by atoms with E-state index in [4.69, 9.17) is 4.42 Å². The number of halogens is 8. The molecule has 4 aliphatic heterocycles. The van der Waals surface area contributed by atoms with Crippen LogP contribution >= 0.6 is 0 Å². The van der Waals surface area contributed by atoms with Crippen molar-refractivity contribution in [3.05, 3.63) is 217 Å². The molecule has 0 amide bonds. The van der Waals surface area contributed by atoms with Gasteiger partial charge in [0, 0.05) is 56.3 Å². The number of rotatable bonds is 8. The van der Waals surface area contributed by atoms with Crippen molar-refractivity contribution in [2.45, 2.75) is 0 Å². The highest BCUT2D eigenvalue weighted by molar-refractivity contribution is 6.36. The molecule has 8 aromatic carbocycles. The number of quaternary nitrogens is 2. The van der Waals surface area contributed by atoms with Gasteiger partial charge in [-0.1, -0.05) is 48.5 Å². The van der Waals surface area contributed by atoms with E-state index in [-0.39, 0.29) is 69.4 Å². The van der Waals surface area contributed by atoms with Gasteiger partial charge in [0.25, 0.3) is 0 Å². The van der Waals surface area contributed by atoms with E-state index >= 15 is 0 Å². The lowest BCUT2D eigenvalue weighted by atomic mass is 9.79. The van der Waals surface area contributed by atoms with Crippen LogP contribution in [0.1, 0.15) is 115 Å². The highest BCUT2D eigenvalue weighted by atomic mass is 19.2. The second-order valence-corrected chi connectivity index (χ2v) is 23.7. The van der Waals surface area contributed by atoms with Crippen LogP contribution in [0.5, 0.6) is 11.5 Å². The summed E-state index contributed by atoms with van der Waals surface area (Å²) in [6.07, 6.45) is 4.74. The summed E-state index contributed by atoms with van der Waals surface area (Å²) >= 11 is 0. The van der Waals surface area contributed by atoms with Crippen molar-refractivity contribution in [1.82, 2.24) is 9.97 Å². The van der Waals surface area contributed by atoms with E-state index in [1.807, 2.05) is 24.3 Å². The highest BCUT2D eigenvalue weighted by Crippen LogP contribution is 2.47. The maximum atomic E-state index is 14.0. The molecule has 102 heavy (non-hydrogen) atoms. The third-order valence-corrected chi connectivity index (χ3v) is 16.3. The molecule has 0 radical (unpaired) electrons. The standard InChI is InChI=1S/C26H30N4O6.C12H4F2O3.C11H3F2NO3.C10H3F2NO3.C10H2F2O4/c1-29(2,35)13-11-27-23-15-7-5-6-8-16(15)24(28-12-14-30(3,4)36)22-21(23)25(33)19-17(31)9-10-18(32)20(19)26(22)34;13-9-5-3-1-2-4-6(5)10(14)8-7(9)11(15)17-12(8)16;12-8-4-1-2-14-3-5(4)9(13)7-6(8)10(15)17-11(7)16;11-6-3-1-2-13-8(3)7(12)5-4(6)9(14)16-10(5)15;11-6-3-1-2-15-8(3)7(12)5-4(6)9(13)16-10(5)14/h5-10,35-36H,11-14H2,1-4H3,(H2-2,27,28,31,32,33,34);1-4H;1-3H;1-2,13H;1-2H/p+2. The summed E-state index contributed by atoms with van der Waals surface area (Å²) in [4.78, 5) is 123. The third-order valence-electron chi connectivity index (χ3n) is 16.3. The number of hydrogen-bond donors (Lipinski definition) is 7. The first-order chi connectivity index (χ1) is 48.2. The number of cyclic esters (lactones) is 8. The van der Waals surface area contributed by atoms with Gasteiger partial charge in [0.15, 0.2) is 17.2 Å². The molecular formula is C69H44F8N6O19+2. The maximum absolute atomic E-state index is 14.0. The summed E-state index contributed by atoms with van der Waals surface area (Å²) in [5.74, 6) is -19.1. The molecule has 0 spiro atoms. The summed E-state index contributed by atoms with van der Waals surface area (Å²) in [6, 6.07) is 19.0. The first kappa shape index (κ1) is 69.1. The number of H-pyrrole nitrogens is 1. The Morgan fingerprint density at radius 3 is 1.14 bits per heavy atom. The molecule has 7 N–H and O–H groups in total. The first-order valence-corrected chi connectivity index (χ1v) is 29.6. The molecule has 25 nitrogen and oxygen atoms in total. The number of carbonyl (C=O) groups excluding carboxylic acids is 10. The number of nitrogens with one attached hydrogen (secondary N) is 3. The minimum Gasteiger partial charge on any atom is -0.507 e. The van der Waals surface area contributed by atoms with E-state index in [0.29, 0.717) is 48.3 Å². The molecule has 518 valence electrons. The molecule has 0 bridgehead atoms. The van der Waals surface area contributed by atoms with Gasteiger partial charge in [0.05, 0.1) is 92.1 Å². The van der Waals surface area contributed by atoms with Crippen molar-refractivity contribution in [3.63, 3.8) is 0 Å². The second kappa shape index (κ2) is 25.8. The Morgan fingerprint density at radius 1 is 0.392 bits per heavy atom. The third kappa shape index (κ3) is 11.7. The number of carbonyl (C=O) groups is 10. The topological polar surface area (TPSA) is 354 Å². The van der Waals surface area contributed by atoms with Gasteiger partial charge in [-0.3, -0.25) is 14.6 Å². The van der Waals surface area contributed by atoms with Gasteiger partial charge in [-0.05, 0) is 30.3 Å². The van der Waals surface area contributed by atoms with Crippen LogP contribution < -0.4 is 10.6 Å². The summed E-state index contributed by atoms with van der Waals surface area (Å²) in [6.45, 7) is 1.22. The Labute approximate surface area is 562 Å². The molecule has 7 heterocycles. The van der Waals surface area contributed by atoms with Crippen LogP contribution in [-0.2, 0) is 18.9 Å². The number of anilines is 2. The molecule has 0 saturated carbocycles. The van der Waals surface area contributed by atoms with E-state index in [1.54, 1.807) is 28.2 Å². The number of pyridine rings is 1. The molecule has 16 rings (SSSR count). The van der Waals surface area contributed by atoms with E-state index in [0.717, 1.165) is 12.5 Å². The Kier molecular flexibility index (Phi) is 17.5. The van der Waals surface area contributed by atoms with E-state index in [2.05, 4.69) is 39.5 Å². The lowest BCUT2D eigenvalue weighted by Gasteiger charge is -2.28. The Morgan fingerprint density at radius 2 is 0.735 bits per heavy atom. The van der Waals surface area contributed by atoms with Crippen molar-refractivity contribution in [2.75, 3.05) is 65.0 Å². The molecule has 1 aliphatic carbocycles. The average Bonchev–Trinajstić information content (AvgIpc) is 1.15. The molecule has 33 heteroatoms. The number of aromatic nitrogens is 2. The number of phenols is 2. The number of hydroxylamine groups is 6. The number of furan rings is 1. The molecule has 3 aromatic heterocycles. The van der Waals surface area contributed by atoms with E-state index in [9.17, 15) is 104 Å². The minimum absolute atomic E-state index is 0.0459. The zero-order valence-corrected chi connectivity index (χ0v) is 52.4. The van der Waals surface area contributed by atoms with Crippen LogP contribution in [-0.4, -0.2) is 154 Å². The second-order valence-electron chi connectivity index (χ2n) is 23.7. The quantitative estimate of drug-likeness (QED) is 0.0109. The van der Waals surface area contributed by atoms with Crippen LogP contribution in [0, 0.1) is 46.5 Å². The number of aromatic hydroxyl groups is 2. The molecule has 11 aromatic rings. The zero-order valence-electron chi connectivity index (χ0n) is 52.4. The minimum atomic E-state index is -1.20. The summed E-state index contributed by atoms with van der Waals surface area (Å²) < 4.78 is 131. The van der Waals surface area contributed by atoms with Gasteiger partial charge in [-0.25, -0.2) is 83.9 Å². The summed E-state index contributed by atoms with van der Waals surface area (Å²) in [5.41, 5.74) is -5.26. The Hall–Kier alpha value is -12.9. The highest BCUT2D eigenvalue weighted by Gasteiger charge is 2.44. The smallest absolute Gasteiger partial charge is 0.350 e. The average molecular weight is 1410 g/mol. The number of nitrogens with zero attached hydrogens (tertiary/aromatic N) is 3. The van der Waals surface area contributed by atoms with Crippen LogP contribution in [0.15, 0.2) is 108 Å². The number of ether oxygens (including phenoxy) is 4. The van der Waals surface area contributed by atoms with Crippen LogP contribution in [0.4, 0.5) is 46.5 Å². The molecular weight excluding hydrogens is 1370 g/mol. The number of likely N-dealkylation sites (N-methyl/N-ethyl adjacent to an activating group) is 2. The maximum Gasteiger partial charge on any atom is 0.350 e. The van der Waals surface area contributed by atoms with Crippen molar-refractivity contribution in [1.29, 1.82) is 0 Å².